The second-order valence-electron chi connectivity index (χ2n) is 6.04. The largest absolute Gasteiger partial charge is 0.474 e. The Balaban J connectivity index is 1.57. The lowest BCUT2D eigenvalue weighted by molar-refractivity contribution is 0.0879. The molecule has 1 aliphatic heterocycles. The molecule has 1 saturated heterocycles. The van der Waals surface area contributed by atoms with Crippen LogP contribution >= 0.6 is 15.9 Å². The molecule has 0 radical (unpaired) electrons. The number of hydrogen-bond donors (Lipinski definition) is 1. The van der Waals surface area contributed by atoms with E-state index in [0.29, 0.717) is 37.5 Å². The lowest BCUT2D eigenvalue weighted by Crippen LogP contribution is -2.41. The van der Waals surface area contributed by atoms with Crippen molar-refractivity contribution >= 4 is 33.1 Å². The van der Waals surface area contributed by atoms with Crippen molar-refractivity contribution in [3.05, 3.63) is 41.3 Å². The highest BCUT2D eigenvalue weighted by atomic mass is 79.9. The zero-order valence-electron chi connectivity index (χ0n) is 13.7. The zero-order valence-corrected chi connectivity index (χ0v) is 15.3. The van der Waals surface area contributed by atoms with Crippen LogP contribution in [0.4, 0.5) is 4.79 Å². The van der Waals surface area contributed by atoms with Gasteiger partial charge in [0.15, 0.2) is 5.65 Å². The van der Waals surface area contributed by atoms with Crippen molar-refractivity contribution < 1.29 is 14.6 Å². The lowest BCUT2D eigenvalue weighted by atomic mass is 10.1. The van der Waals surface area contributed by atoms with E-state index in [1.807, 2.05) is 24.3 Å². The van der Waals surface area contributed by atoms with Gasteiger partial charge >= 0.3 is 6.09 Å². The van der Waals surface area contributed by atoms with E-state index in [4.69, 9.17) is 9.84 Å². The molecule has 1 aromatic carbocycles. The minimum absolute atomic E-state index is 0.0697. The molecular weight excluding hydrogens is 402 g/mol. The molecule has 8 nitrogen and oxygen atoms in total. The number of carbonyl (C=O) groups is 1. The highest BCUT2D eigenvalue weighted by molar-refractivity contribution is 9.10. The van der Waals surface area contributed by atoms with E-state index in [1.54, 1.807) is 10.9 Å². The maximum Gasteiger partial charge on any atom is 0.407 e. The Morgan fingerprint density at radius 1 is 1.19 bits per heavy atom. The zero-order chi connectivity index (χ0) is 18.1. The third-order valence-electron chi connectivity index (χ3n) is 4.39. The predicted molar refractivity (Wildman–Crippen MR) is 97.6 cm³/mol. The first-order valence-electron chi connectivity index (χ1n) is 8.21. The third kappa shape index (κ3) is 3.22. The van der Waals surface area contributed by atoms with Gasteiger partial charge in [-0.1, -0.05) is 15.9 Å². The Bertz CT molecular complexity index is 935. The molecule has 4 rings (SSSR count). The normalized spacial score (nSPS) is 15.3. The molecule has 0 saturated carbocycles. The summed E-state index contributed by atoms with van der Waals surface area (Å²) in [6.45, 7) is 0.929. The molecule has 134 valence electrons. The van der Waals surface area contributed by atoms with E-state index >= 15 is 0 Å². The number of ether oxygens (including phenoxy) is 1. The number of aromatic nitrogens is 4. The summed E-state index contributed by atoms with van der Waals surface area (Å²) in [4.78, 5) is 21.0. The minimum Gasteiger partial charge on any atom is -0.474 e. The molecule has 0 spiro atoms. The number of amides is 1. The molecule has 0 atom stereocenters. The van der Waals surface area contributed by atoms with Gasteiger partial charge in [-0.3, -0.25) is 0 Å². The smallest absolute Gasteiger partial charge is 0.407 e. The van der Waals surface area contributed by atoms with Gasteiger partial charge in [0, 0.05) is 30.4 Å². The van der Waals surface area contributed by atoms with Crippen molar-refractivity contribution in [1.29, 1.82) is 0 Å². The van der Waals surface area contributed by atoms with Crippen molar-refractivity contribution in [1.82, 2.24) is 24.6 Å². The molecule has 9 heteroatoms. The van der Waals surface area contributed by atoms with Gasteiger partial charge in [0.25, 0.3) is 0 Å². The van der Waals surface area contributed by atoms with Gasteiger partial charge in [0.05, 0.1) is 11.9 Å². The van der Waals surface area contributed by atoms with Crippen molar-refractivity contribution in [3.63, 3.8) is 0 Å². The van der Waals surface area contributed by atoms with E-state index in [0.717, 1.165) is 15.5 Å². The monoisotopic (exact) mass is 417 g/mol. The van der Waals surface area contributed by atoms with Crippen LogP contribution in [0.1, 0.15) is 12.8 Å². The summed E-state index contributed by atoms with van der Waals surface area (Å²) in [5.41, 5.74) is 1.56. The maximum absolute atomic E-state index is 11.0. The Morgan fingerprint density at radius 3 is 2.62 bits per heavy atom. The summed E-state index contributed by atoms with van der Waals surface area (Å²) in [5.74, 6) is 0.479. The predicted octanol–water partition coefficient (Wildman–Crippen LogP) is 3.10. The van der Waals surface area contributed by atoms with Gasteiger partial charge in [-0.15, -0.1) is 0 Å². The van der Waals surface area contributed by atoms with Crippen LogP contribution in [0, 0.1) is 0 Å². The summed E-state index contributed by atoms with van der Waals surface area (Å²) in [6.07, 6.45) is 3.47. The number of fused-ring (bicyclic) bond motifs is 1. The molecule has 1 amide bonds. The molecule has 0 bridgehead atoms. The van der Waals surface area contributed by atoms with Gasteiger partial charge in [0.1, 0.15) is 17.8 Å². The number of nitrogens with zero attached hydrogens (tertiary/aromatic N) is 5. The molecule has 26 heavy (non-hydrogen) atoms. The van der Waals surface area contributed by atoms with Crippen LogP contribution in [0.5, 0.6) is 5.88 Å². The first kappa shape index (κ1) is 16.8. The molecule has 2 aromatic heterocycles. The molecule has 1 aliphatic rings. The maximum atomic E-state index is 11.0. The first-order valence-corrected chi connectivity index (χ1v) is 9.00. The molecule has 3 heterocycles. The fraction of sp³-hybridized carbons (Fsp3) is 0.294. The molecule has 0 unspecified atom stereocenters. The van der Waals surface area contributed by atoms with E-state index < -0.39 is 6.09 Å². The summed E-state index contributed by atoms with van der Waals surface area (Å²) in [6, 6.07) is 7.77. The van der Waals surface area contributed by atoms with Crippen LogP contribution in [-0.4, -0.2) is 55.0 Å². The van der Waals surface area contributed by atoms with Crippen molar-refractivity contribution in [2.75, 3.05) is 13.1 Å². The fourth-order valence-corrected chi connectivity index (χ4v) is 3.27. The van der Waals surface area contributed by atoms with E-state index in [9.17, 15) is 4.79 Å². The van der Waals surface area contributed by atoms with Crippen molar-refractivity contribution in [2.45, 2.75) is 18.9 Å². The average molecular weight is 418 g/mol. The number of hydrogen-bond acceptors (Lipinski definition) is 5. The number of piperidine rings is 1. The quantitative estimate of drug-likeness (QED) is 0.703. The second-order valence-corrected chi connectivity index (χ2v) is 6.95. The Labute approximate surface area is 157 Å². The second kappa shape index (κ2) is 6.91. The Hall–Kier alpha value is -2.68. The molecule has 1 N–H and O–H groups in total. The van der Waals surface area contributed by atoms with Crippen LogP contribution in [0.25, 0.3) is 16.7 Å². The SMILES string of the molecule is O=C(O)N1CCC(Oc2ncnc3c2cnn3-c2ccc(Br)cc2)CC1. The standard InChI is InChI=1S/C17H16BrN5O3/c18-11-1-3-12(4-2-11)23-15-14(9-21-23)16(20-10-19-15)26-13-5-7-22(8-6-13)17(24)25/h1-4,9-10,13H,5-8H2,(H,24,25). The Kier molecular flexibility index (Phi) is 4.46. The van der Waals surface area contributed by atoms with Crippen molar-refractivity contribution in [3.8, 4) is 11.6 Å². The minimum atomic E-state index is -0.886. The summed E-state index contributed by atoms with van der Waals surface area (Å²) in [5, 5.41) is 14.2. The van der Waals surface area contributed by atoms with E-state index in [2.05, 4.69) is 31.0 Å². The topological polar surface area (TPSA) is 93.4 Å². The highest BCUT2D eigenvalue weighted by Crippen LogP contribution is 2.26. The number of rotatable bonds is 3. The lowest BCUT2D eigenvalue weighted by Gasteiger charge is -2.29. The molecule has 1 fully saturated rings. The number of halogens is 1. The van der Waals surface area contributed by atoms with E-state index in [-0.39, 0.29) is 6.10 Å². The summed E-state index contributed by atoms with van der Waals surface area (Å²) >= 11 is 3.42. The molecular formula is C17H16BrN5O3. The van der Waals surface area contributed by atoms with Gasteiger partial charge < -0.3 is 14.7 Å². The van der Waals surface area contributed by atoms with E-state index in [1.165, 1.54) is 11.2 Å². The Morgan fingerprint density at radius 2 is 1.92 bits per heavy atom. The molecule has 0 aliphatic carbocycles. The highest BCUT2D eigenvalue weighted by Gasteiger charge is 2.24. The van der Waals surface area contributed by atoms with Gasteiger partial charge in [-0.2, -0.15) is 5.10 Å². The number of benzene rings is 1. The van der Waals surface area contributed by atoms with Gasteiger partial charge in [-0.05, 0) is 24.3 Å². The summed E-state index contributed by atoms with van der Waals surface area (Å²) in [7, 11) is 0. The van der Waals surface area contributed by atoms with Crippen LogP contribution < -0.4 is 4.74 Å². The van der Waals surface area contributed by atoms with Crippen LogP contribution in [0.3, 0.4) is 0 Å². The fourth-order valence-electron chi connectivity index (χ4n) is 3.01. The van der Waals surface area contributed by atoms with Gasteiger partial charge in [-0.25, -0.2) is 19.4 Å². The van der Waals surface area contributed by atoms with Gasteiger partial charge in [0.2, 0.25) is 5.88 Å². The average Bonchev–Trinajstić information content (AvgIpc) is 3.08. The number of carboxylic acid groups (broad SMARTS) is 1. The first-order chi connectivity index (χ1) is 12.6. The van der Waals surface area contributed by atoms with Crippen LogP contribution in [0.15, 0.2) is 41.3 Å². The van der Waals surface area contributed by atoms with Crippen LogP contribution in [-0.2, 0) is 0 Å². The number of likely N-dealkylation sites (tertiary alicyclic amines) is 1. The van der Waals surface area contributed by atoms with Crippen molar-refractivity contribution in [2.24, 2.45) is 0 Å². The molecule has 3 aromatic rings. The summed E-state index contributed by atoms with van der Waals surface area (Å²) < 4.78 is 8.76. The van der Waals surface area contributed by atoms with Crippen LogP contribution in [0.2, 0.25) is 0 Å². The third-order valence-corrected chi connectivity index (χ3v) is 4.92.